The van der Waals surface area contributed by atoms with Gasteiger partial charge in [0.15, 0.2) is 0 Å². The normalized spacial score (nSPS) is 32.2. The van der Waals surface area contributed by atoms with Crippen LogP contribution in [0.5, 0.6) is 5.75 Å². The molecule has 2 aromatic carbocycles. The first-order valence-electron chi connectivity index (χ1n) is 10.0. The topological polar surface area (TPSA) is 20.2 Å². The molecule has 1 nitrogen and oxygen atoms in total. The number of phenolic OH excluding ortho intramolecular Hbond substituents is 1. The number of halogens is 1. The molecule has 4 aliphatic carbocycles. The van der Waals surface area contributed by atoms with Gasteiger partial charge in [-0.15, -0.1) is 0 Å². The molecular formula is C24H27FO. The van der Waals surface area contributed by atoms with Gasteiger partial charge in [-0.2, -0.15) is 0 Å². The highest BCUT2D eigenvalue weighted by atomic mass is 19.1. The molecule has 26 heavy (non-hydrogen) atoms. The fourth-order valence-electron chi connectivity index (χ4n) is 6.82. The van der Waals surface area contributed by atoms with Crippen LogP contribution in [0.2, 0.25) is 0 Å². The van der Waals surface area contributed by atoms with Gasteiger partial charge in [0, 0.05) is 0 Å². The average molecular weight is 350 g/mol. The lowest BCUT2D eigenvalue weighted by molar-refractivity contribution is -0.00498. The molecule has 2 heteroatoms. The van der Waals surface area contributed by atoms with Crippen LogP contribution in [0, 0.1) is 37.4 Å². The van der Waals surface area contributed by atoms with Gasteiger partial charge in [0.2, 0.25) is 0 Å². The van der Waals surface area contributed by atoms with Crippen molar-refractivity contribution in [1.29, 1.82) is 0 Å². The molecule has 0 aromatic heterocycles. The van der Waals surface area contributed by atoms with Crippen molar-refractivity contribution in [2.24, 2.45) is 17.8 Å². The minimum Gasteiger partial charge on any atom is -0.507 e. The quantitative estimate of drug-likeness (QED) is 0.675. The molecule has 0 saturated heterocycles. The van der Waals surface area contributed by atoms with Crippen molar-refractivity contribution in [2.45, 2.75) is 57.8 Å². The second-order valence-corrected chi connectivity index (χ2v) is 9.29. The average Bonchev–Trinajstić information content (AvgIpc) is 2.59. The van der Waals surface area contributed by atoms with E-state index in [1.807, 2.05) is 26.0 Å². The second kappa shape index (κ2) is 5.58. The summed E-state index contributed by atoms with van der Waals surface area (Å²) in [5.74, 6) is 2.79. The Bertz CT molecular complexity index is 829. The minimum absolute atomic E-state index is 0.209. The van der Waals surface area contributed by atoms with E-state index in [2.05, 4.69) is 6.07 Å². The Hall–Kier alpha value is -1.83. The van der Waals surface area contributed by atoms with Crippen LogP contribution >= 0.6 is 0 Å². The summed E-state index contributed by atoms with van der Waals surface area (Å²) >= 11 is 0. The first kappa shape index (κ1) is 16.4. The predicted molar refractivity (Wildman–Crippen MR) is 103 cm³/mol. The molecule has 0 heterocycles. The highest BCUT2D eigenvalue weighted by molar-refractivity contribution is 5.76. The third kappa shape index (κ3) is 2.34. The van der Waals surface area contributed by atoms with Gasteiger partial charge < -0.3 is 5.11 Å². The van der Waals surface area contributed by atoms with Gasteiger partial charge in [0.25, 0.3) is 0 Å². The van der Waals surface area contributed by atoms with E-state index in [9.17, 15) is 9.50 Å². The number of rotatable bonds is 2. The lowest BCUT2D eigenvalue weighted by Gasteiger charge is -2.57. The molecule has 136 valence electrons. The zero-order valence-corrected chi connectivity index (χ0v) is 15.7. The van der Waals surface area contributed by atoms with E-state index >= 15 is 0 Å². The van der Waals surface area contributed by atoms with Crippen molar-refractivity contribution >= 4 is 0 Å². The summed E-state index contributed by atoms with van der Waals surface area (Å²) in [4.78, 5) is 0. The number of hydrogen-bond acceptors (Lipinski definition) is 1. The SMILES string of the molecule is Cc1cc(C23CC4CC(CC(C4)C2)C3)c(-c2ccc(F)cc2)c(C)c1O. The third-order valence-corrected chi connectivity index (χ3v) is 7.48. The summed E-state index contributed by atoms with van der Waals surface area (Å²) < 4.78 is 13.5. The fraction of sp³-hybridized carbons (Fsp3) is 0.500. The maximum Gasteiger partial charge on any atom is 0.123 e. The van der Waals surface area contributed by atoms with E-state index in [0.717, 1.165) is 40.0 Å². The van der Waals surface area contributed by atoms with Gasteiger partial charge in [0.1, 0.15) is 11.6 Å². The Morgan fingerprint density at radius 1 is 0.923 bits per heavy atom. The molecule has 4 bridgehead atoms. The van der Waals surface area contributed by atoms with E-state index in [4.69, 9.17) is 0 Å². The van der Waals surface area contributed by atoms with Crippen LogP contribution < -0.4 is 0 Å². The summed E-state index contributed by atoms with van der Waals surface area (Å²) in [6.45, 7) is 4.03. The Kier molecular flexibility index (Phi) is 3.51. The minimum atomic E-state index is -0.209. The Morgan fingerprint density at radius 3 is 2.00 bits per heavy atom. The van der Waals surface area contributed by atoms with Crippen LogP contribution in [0.15, 0.2) is 30.3 Å². The number of aryl methyl sites for hydroxylation is 1. The standard InChI is InChI=1S/C24H27FO/c1-14-7-21(24-11-16-8-17(12-24)10-18(9-16)13-24)22(15(2)23(14)26)19-3-5-20(25)6-4-19/h3-7,16-18,26H,8-13H2,1-2H3. The third-order valence-electron chi connectivity index (χ3n) is 7.48. The van der Waals surface area contributed by atoms with Crippen molar-refractivity contribution in [3.05, 3.63) is 52.8 Å². The summed E-state index contributed by atoms with van der Waals surface area (Å²) in [7, 11) is 0. The lowest BCUT2D eigenvalue weighted by Crippen LogP contribution is -2.48. The lowest BCUT2D eigenvalue weighted by atomic mass is 9.47. The van der Waals surface area contributed by atoms with Crippen LogP contribution in [-0.2, 0) is 5.41 Å². The molecule has 4 saturated carbocycles. The smallest absolute Gasteiger partial charge is 0.123 e. The van der Waals surface area contributed by atoms with E-state index in [0.29, 0.717) is 5.75 Å². The van der Waals surface area contributed by atoms with Crippen molar-refractivity contribution < 1.29 is 9.50 Å². The zero-order valence-electron chi connectivity index (χ0n) is 15.7. The van der Waals surface area contributed by atoms with Gasteiger partial charge in [0.05, 0.1) is 0 Å². The van der Waals surface area contributed by atoms with Crippen molar-refractivity contribution in [1.82, 2.24) is 0 Å². The molecular weight excluding hydrogens is 323 g/mol. The number of aromatic hydroxyl groups is 1. The Labute approximate surface area is 155 Å². The van der Waals surface area contributed by atoms with Crippen molar-refractivity contribution in [3.8, 4) is 16.9 Å². The molecule has 0 amide bonds. The van der Waals surface area contributed by atoms with Gasteiger partial charge in [-0.1, -0.05) is 18.2 Å². The Balaban J connectivity index is 1.73. The molecule has 4 aliphatic rings. The molecule has 4 fully saturated rings. The zero-order chi connectivity index (χ0) is 18.1. The van der Waals surface area contributed by atoms with Crippen LogP contribution in [0.3, 0.4) is 0 Å². The maximum absolute atomic E-state index is 13.5. The number of phenols is 1. The van der Waals surface area contributed by atoms with Crippen LogP contribution in [0.4, 0.5) is 4.39 Å². The van der Waals surface area contributed by atoms with Crippen molar-refractivity contribution in [2.75, 3.05) is 0 Å². The first-order valence-corrected chi connectivity index (χ1v) is 10.0. The monoisotopic (exact) mass is 350 g/mol. The maximum atomic E-state index is 13.5. The van der Waals surface area contributed by atoms with E-state index in [-0.39, 0.29) is 11.2 Å². The molecule has 0 unspecified atom stereocenters. The molecule has 0 radical (unpaired) electrons. The first-order chi connectivity index (χ1) is 12.4. The highest BCUT2D eigenvalue weighted by Gasteiger charge is 2.52. The van der Waals surface area contributed by atoms with E-state index in [1.54, 1.807) is 0 Å². The van der Waals surface area contributed by atoms with Gasteiger partial charge in [-0.25, -0.2) is 4.39 Å². The predicted octanol–water partition coefficient (Wildman–Crippen LogP) is 6.28. The summed E-state index contributed by atoms with van der Waals surface area (Å²) in [5, 5.41) is 10.6. The molecule has 0 spiro atoms. The highest BCUT2D eigenvalue weighted by Crippen LogP contribution is 2.62. The van der Waals surface area contributed by atoms with E-state index in [1.165, 1.54) is 56.2 Å². The summed E-state index contributed by atoms with van der Waals surface area (Å²) in [6.07, 6.45) is 8.12. The largest absolute Gasteiger partial charge is 0.507 e. The molecule has 0 aliphatic heterocycles. The van der Waals surface area contributed by atoms with Crippen LogP contribution in [0.25, 0.3) is 11.1 Å². The van der Waals surface area contributed by atoms with Crippen molar-refractivity contribution in [3.63, 3.8) is 0 Å². The second-order valence-electron chi connectivity index (χ2n) is 9.29. The van der Waals surface area contributed by atoms with E-state index < -0.39 is 0 Å². The van der Waals surface area contributed by atoms with Gasteiger partial charge in [-0.05, 0) is 115 Å². The van der Waals surface area contributed by atoms with Crippen LogP contribution in [0.1, 0.15) is 55.2 Å². The molecule has 1 N–H and O–H groups in total. The van der Waals surface area contributed by atoms with Gasteiger partial charge in [-0.3, -0.25) is 0 Å². The molecule has 6 rings (SSSR count). The number of benzene rings is 2. The molecule has 2 aromatic rings. The molecule has 0 atom stereocenters. The Morgan fingerprint density at radius 2 is 1.46 bits per heavy atom. The van der Waals surface area contributed by atoms with Gasteiger partial charge >= 0.3 is 0 Å². The fourth-order valence-corrected chi connectivity index (χ4v) is 6.82. The number of hydrogen-bond donors (Lipinski definition) is 1. The summed E-state index contributed by atoms with van der Waals surface area (Å²) in [5.41, 5.74) is 5.76. The summed E-state index contributed by atoms with van der Waals surface area (Å²) in [6, 6.07) is 9.06. The van der Waals surface area contributed by atoms with Crippen LogP contribution in [-0.4, -0.2) is 5.11 Å².